The third kappa shape index (κ3) is 4.12. The normalized spacial score (nSPS) is 14.2. The van der Waals surface area contributed by atoms with Crippen LogP contribution in [-0.2, 0) is 17.1 Å². The molecular formula is C11H10F6N2O. The fourth-order valence-electron chi connectivity index (χ4n) is 1.53. The molecule has 0 heterocycles. The van der Waals surface area contributed by atoms with Crippen LogP contribution in [0.5, 0.6) is 0 Å². The predicted octanol–water partition coefficient (Wildman–Crippen LogP) is 2.60. The Morgan fingerprint density at radius 2 is 1.40 bits per heavy atom. The van der Waals surface area contributed by atoms with Crippen molar-refractivity contribution >= 4 is 5.91 Å². The molecule has 0 spiro atoms. The van der Waals surface area contributed by atoms with E-state index in [1.807, 2.05) is 0 Å². The van der Waals surface area contributed by atoms with Crippen LogP contribution in [0.1, 0.15) is 29.2 Å². The zero-order chi connectivity index (χ0) is 15.7. The Morgan fingerprint density at radius 1 is 1.00 bits per heavy atom. The lowest BCUT2D eigenvalue weighted by molar-refractivity contribution is -0.143. The number of carbonyl (C=O) groups is 1. The van der Waals surface area contributed by atoms with Gasteiger partial charge in [-0.15, -0.1) is 0 Å². The van der Waals surface area contributed by atoms with E-state index in [2.05, 4.69) is 0 Å². The molecule has 0 radical (unpaired) electrons. The molecule has 9 heteroatoms. The molecule has 0 aliphatic rings. The highest BCUT2D eigenvalue weighted by Crippen LogP contribution is 2.37. The average molecular weight is 300 g/mol. The molecule has 0 saturated carbocycles. The van der Waals surface area contributed by atoms with Crippen LogP contribution >= 0.6 is 0 Å². The van der Waals surface area contributed by atoms with Gasteiger partial charge in [0.05, 0.1) is 11.1 Å². The molecule has 0 aromatic heterocycles. The Bertz CT molecular complexity index is 476. The Morgan fingerprint density at radius 3 is 1.70 bits per heavy atom. The first-order valence-corrected chi connectivity index (χ1v) is 5.24. The largest absolute Gasteiger partial charge is 0.416 e. The molecule has 1 aromatic carbocycles. The van der Waals surface area contributed by atoms with Crippen LogP contribution in [-0.4, -0.2) is 5.91 Å². The van der Waals surface area contributed by atoms with Crippen LogP contribution in [0.15, 0.2) is 18.2 Å². The van der Waals surface area contributed by atoms with Gasteiger partial charge in [-0.2, -0.15) is 26.3 Å². The zero-order valence-electron chi connectivity index (χ0n) is 9.85. The third-order valence-electron chi connectivity index (χ3n) is 2.46. The summed E-state index contributed by atoms with van der Waals surface area (Å²) in [5.74, 6) is -0.927. The van der Waals surface area contributed by atoms with Crippen LogP contribution in [0, 0.1) is 0 Å². The van der Waals surface area contributed by atoms with Gasteiger partial charge in [-0.05, 0) is 23.8 Å². The van der Waals surface area contributed by atoms with Crippen molar-refractivity contribution in [2.75, 3.05) is 0 Å². The van der Waals surface area contributed by atoms with Crippen molar-refractivity contribution < 1.29 is 31.1 Å². The smallest absolute Gasteiger partial charge is 0.370 e. The van der Waals surface area contributed by atoms with Crippen molar-refractivity contribution in [3.63, 3.8) is 0 Å². The number of carbonyl (C=O) groups excluding carboxylic acids is 1. The van der Waals surface area contributed by atoms with E-state index in [1.165, 1.54) is 0 Å². The van der Waals surface area contributed by atoms with Crippen molar-refractivity contribution in [2.24, 2.45) is 11.5 Å². The number of primary amides is 1. The van der Waals surface area contributed by atoms with Gasteiger partial charge in [-0.1, -0.05) is 0 Å². The number of rotatable bonds is 3. The molecule has 1 amide bonds. The SMILES string of the molecule is NC(=O)C[C@H](N)c1cc(C(F)(F)F)cc(C(F)(F)F)c1. The second kappa shape index (κ2) is 5.31. The molecule has 0 saturated heterocycles. The van der Waals surface area contributed by atoms with E-state index in [1.54, 1.807) is 0 Å². The highest BCUT2D eigenvalue weighted by Gasteiger charge is 2.37. The summed E-state index contributed by atoms with van der Waals surface area (Å²) in [6, 6.07) is -0.400. The first-order valence-electron chi connectivity index (χ1n) is 5.24. The fourth-order valence-corrected chi connectivity index (χ4v) is 1.53. The van der Waals surface area contributed by atoms with E-state index in [4.69, 9.17) is 11.5 Å². The Balaban J connectivity index is 3.34. The number of hydrogen-bond donors (Lipinski definition) is 2. The van der Waals surface area contributed by atoms with Gasteiger partial charge < -0.3 is 11.5 Å². The van der Waals surface area contributed by atoms with Gasteiger partial charge in [0.1, 0.15) is 0 Å². The minimum atomic E-state index is -4.96. The van der Waals surface area contributed by atoms with E-state index in [9.17, 15) is 31.1 Å². The van der Waals surface area contributed by atoms with Crippen molar-refractivity contribution in [2.45, 2.75) is 24.8 Å². The Hall–Kier alpha value is -1.77. The summed E-state index contributed by atoms with van der Waals surface area (Å²) >= 11 is 0. The summed E-state index contributed by atoms with van der Waals surface area (Å²) in [5, 5.41) is 0. The van der Waals surface area contributed by atoms with E-state index in [0.29, 0.717) is 12.1 Å². The molecule has 0 aliphatic carbocycles. The van der Waals surface area contributed by atoms with Gasteiger partial charge >= 0.3 is 12.4 Å². The Kier molecular flexibility index (Phi) is 4.33. The second-order valence-electron chi connectivity index (χ2n) is 4.12. The maximum atomic E-state index is 12.6. The quantitative estimate of drug-likeness (QED) is 0.842. The lowest BCUT2D eigenvalue weighted by Gasteiger charge is -2.17. The monoisotopic (exact) mass is 300 g/mol. The van der Waals surface area contributed by atoms with Gasteiger partial charge in [0.15, 0.2) is 0 Å². The van der Waals surface area contributed by atoms with Crippen molar-refractivity contribution in [1.29, 1.82) is 0 Å². The molecule has 20 heavy (non-hydrogen) atoms. The molecule has 1 atom stereocenters. The van der Waals surface area contributed by atoms with Crippen LogP contribution in [0.4, 0.5) is 26.3 Å². The van der Waals surface area contributed by atoms with Gasteiger partial charge in [0, 0.05) is 12.5 Å². The summed E-state index contributed by atoms with van der Waals surface area (Å²) in [4.78, 5) is 10.6. The lowest BCUT2D eigenvalue weighted by atomic mass is 9.98. The molecule has 112 valence electrons. The fraction of sp³-hybridized carbons (Fsp3) is 0.364. The van der Waals surface area contributed by atoms with Gasteiger partial charge in [0.2, 0.25) is 5.91 Å². The number of alkyl halides is 6. The van der Waals surface area contributed by atoms with E-state index in [0.717, 1.165) is 0 Å². The van der Waals surface area contributed by atoms with E-state index in [-0.39, 0.29) is 6.07 Å². The minimum Gasteiger partial charge on any atom is -0.370 e. The van der Waals surface area contributed by atoms with Crippen LogP contribution < -0.4 is 11.5 Å². The first-order chi connectivity index (χ1) is 8.91. The molecular weight excluding hydrogens is 290 g/mol. The molecule has 1 rings (SSSR count). The number of halogens is 6. The average Bonchev–Trinajstić information content (AvgIpc) is 2.25. The number of benzene rings is 1. The summed E-state index contributed by atoms with van der Waals surface area (Å²) < 4.78 is 75.4. The van der Waals surface area contributed by atoms with Crippen LogP contribution in [0.3, 0.4) is 0 Å². The Labute approximate surface area is 109 Å². The number of hydrogen-bond acceptors (Lipinski definition) is 2. The van der Waals surface area contributed by atoms with Gasteiger partial charge in [-0.3, -0.25) is 4.79 Å². The lowest BCUT2D eigenvalue weighted by Crippen LogP contribution is -2.22. The number of nitrogens with two attached hydrogens (primary N) is 2. The van der Waals surface area contributed by atoms with Crippen molar-refractivity contribution in [3.05, 3.63) is 34.9 Å². The maximum Gasteiger partial charge on any atom is 0.416 e. The molecule has 0 bridgehead atoms. The van der Waals surface area contributed by atoms with Crippen LogP contribution in [0.2, 0.25) is 0 Å². The minimum absolute atomic E-state index is 0.0134. The standard InChI is InChI=1S/C11H10F6N2O/c12-10(13,14)6-1-5(8(18)4-9(19)20)2-7(3-6)11(15,16)17/h1-3,8H,4,18H2,(H2,19,20)/t8-/m0/s1. The predicted molar refractivity (Wildman–Crippen MR) is 57.2 cm³/mol. The van der Waals surface area contributed by atoms with Gasteiger partial charge in [0.25, 0.3) is 0 Å². The second-order valence-corrected chi connectivity index (χ2v) is 4.12. The number of amides is 1. The van der Waals surface area contributed by atoms with Crippen molar-refractivity contribution in [1.82, 2.24) is 0 Å². The highest BCUT2D eigenvalue weighted by atomic mass is 19.4. The molecule has 3 nitrogen and oxygen atoms in total. The molecule has 0 unspecified atom stereocenters. The van der Waals surface area contributed by atoms with E-state index >= 15 is 0 Å². The van der Waals surface area contributed by atoms with Crippen molar-refractivity contribution in [3.8, 4) is 0 Å². The van der Waals surface area contributed by atoms with Crippen LogP contribution in [0.25, 0.3) is 0 Å². The summed E-state index contributed by atoms with van der Waals surface area (Å²) in [6.07, 6.45) is -10.5. The molecule has 1 aromatic rings. The first kappa shape index (κ1) is 16.3. The summed E-state index contributed by atoms with van der Waals surface area (Å²) in [7, 11) is 0. The highest BCUT2D eigenvalue weighted by molar-refractivity contribution is 5.74. The summed E-state index contributed by atoms with van der Waals surface area (Å²) in [6.45, 7) is 0. The maximum absolute atomic E-state index is 12.6. The molecule has 4 N–H and O–H groups in total. The topological polar surface area (TPSA) is 69.1 Å². The molecule has 0 fully saturated rings. The summed E-state index contributed by atoms with van der Waals surface area (Å²) in [5.41, 5.74) is 6.78. The zero-order valence-corrected chi connectivity index (χ0v) is 9.85. The molecule has 0 aliphatic heterocycles. The van der Waals surface area contributed by atoms with E-state index < -0.39 is 47.4 Å². The third-order valence-corrected chi connectivity index (χ3v) is 2.46. The van der Waals surface area contributed by atoms with Gasteiger partial charge in [-0.25, -0.2) is 0 Å².